The van der Waals surface area contributed by atoms with Gasteiger partial charge in [-0.15, -0.1) is 0 Å². The summed E-state index contributed by atoms with van der Waals surface area (Å²) in [5.41, 5.74) is 1.95. The Morgan fingerprint density at radius 1 is 0.731 bits per heavy atom. The van der Waals surface area contributed by atoms with Gasteiger partial charge in [0.05, 0.1) is 19.4 Å². The first-order valence-corrected chi connectivity index (χ1v) is 7.03. The number of amides is 3. The molecule has 0 aromatic heterocycles. The minimum atomic E-state index is -1.57. The first-order valence-electron chi connectivity index (χ1n) is 7.03. The number of carbonyl (C=O) groups is 6. The van der Waals surface area contributed by atoms with Crippen LogP contribution in [0.3, 0.4) is 0 Å². The molecule has 0 bridgehead atoms. The molecular formula is C12H19N5O9. The first kappa shape index (κ1) is 22.7. The third kappa shape index (κ3) is 9.78. The number of carbonyl (C=O) groups excluding carboxylic acids is 3. The van der Waals surface area contributed by atoms with Crippen LogP contribution in [-0.2, 0) is 28.8 Å². The van der Waals surface area contributed by atoms with E-state index in [1.54, 1.807) is 0 Å². The van der Waals surface area contributed by atoms with Crippen LogP contribution in [0, 0.1) is 0 Å². The molecule has 0 fully saturated rings. The maximum atomic E-state index is 11.7. The number of nitrogens with two attached hydrogens (primary N) is 1. The highest BCUT2D eigenvalue weighted by molar-refractivity contribution is 5.94. The van der Waals surface area contributed by atoms with Gasteiger partial charge in [0.25, 0.3) is 0 Å². The van der Waals surface area contributed by atoms with Gasteiger partial charge in [0.15, 0.2) is 0 Å². The Labute approximate surface area is 146 Å². The second-order valence-corrected chi connectivity index (χ2v) is 4.86. The molecule has 2 atom stereocenters. The van der Waals surface area contributed by atoms with E-state index in [1.165, 1.54) is 0 Å². The highest BCUT2D eigenvalue weighted by atomic mass is 16.4. The van der Waals surface area contributed by atoms with Crippen LogP contribution in [0.25, 0.3) is 0 Å². The Morgan fingerprint density at radius 2 is 1.19 bits per heavy atom. The standard InChI is InChI=1S/C12H19N5O9/c13-17-6(2-9(21)22)12(26)14-3-7(18)16-5(1-8(19)20)11(25)15-4-10(23)24/h5-6,17H,1-4,13H2,(H,14,26)(H,15,25)(H,16,18)(H,19,20)(H,21,22)(H,23,24). The van der Waals surface area contributed by atoms with Crippen LogP contribution in [0.5, 0.6) is 0 Å². The maximum absolute atomic E-state index is 11.7. The number of hydrazine groups is 1. The molecule has 2 unspecified atom stereocenters. The summed E-state index contributed by atoms with van der Waals surface area (Å²) in [7, 11) is 0. The smallest absolute Gasteiger partial charge is 0.322 e. The van der Waals surface area contributed by atoms with Crippen molar-refractivity contribution in [1.82, 2.24) is 21.4 Å². The fraction of sp³-hybridized carbons (Fsp3) is 0.500. The van der Waals surface area contributed by atoms with Crippen LogP contribution in [0.15, 0.2) is 0 Å². The zero-order valence-electron chi connectivity index (χ0n) is 13.4. The molecule has 0 saturated heterocycles. The van der Waals surface area contributed by atoms with Gasteiger partial charge in [0.1, 0.15) is 18.6 Å². The third-order valence-corrected chi connectivity index (χ3v) is 2.76. The van der Waals surface area contributed by atoms with Crippen molar-refractivity contribution in [3.05, 3.63) is 0 Å². The third-order valence-electron chi connectivity index (χ3n) is 2.76. The molecule has 0 heterocycles. The second kappa shape index (κ2) is 11.3. The number of hydrogen-bond donors (Lipinski definition) is 8. The van der Waals surface area contributed by atoms with E-state index in [0.29, 0.717) is 0 Å². The summed E-state index contributed by atoms with van der Waals surface area (Å²) in [6.07, 6.45) is -1.47. The zero-order chi connectivity index (χ0) is 20.3. The molecule has 0 saturated carbocycles. The lowest BCUT2D eigenvalue weighted by Gasteiger charge is -2.17. The normalized spacial score (nSPS) is 12.3. The number of nitrogens with one attached hydrogen (secondary N) is 4. The van der Waals surface area contributed by atoms with Crippen molar-refractivity contribution >= 4 is 35.6 Å². The molecule has 0 aromatic rings. The van der Waals surface area contributed by atoms with Gasteiger partial charge < -0.3 is 31.3 Å². The summed E-state index contributed by atoms with van der Waals surface area (Å²) >= 11 is 0. The molecule has 26 heavy (non-hydrogen) atoms. The highest BCUT2D eigenvalue weighted by Crippen LogP contribution is 1.94. The first-order chi connectivity index (χ1) is 12.1. The monoisotopic (exact) mass is 377 g/mol. The number of hydrogen-bond acceptors (Lipinski definition) is 8. The van der Waals surface area contributed by atoms with Crippen molar-refractivity contribution in [1.29, 1.82) is 0 Å². The van der Waals surface area contributed by atoms with E-state index in [4.69, 9.17) is 21.2 Å². The number of carboxylic acids is 3. The van der Waals surface area contributed by atoms with Crippen LogP contribution in [0.1, 0.15) is 12.8 Å². The average molecular weight is 377 g/mol. The molecule has 3 amide bonds. The van der Waals surface area contributed by atoms with Crippen LogP contribution in [-0.4, -0.2) is 76.1 Å². The summed E-state index contributed by atoms with van der Waals surface area (Å²) in [6.45, 7) is -1.47. The molecular weight excluding hydrogens is 358 g/mol. The molecule has 14 heteroatoms. The molecule has 0 spiro atoms. The largest absolute Gasteiger partial charge is 0.481 e. The van der Waals surface area contributed by atoms with E-state index < -0.39 is 73.6 Å². The summed E-state index contributed by atoms with van der Waals surface area (Å²) in [5.74, 6) is -2.00. The Hall–Kier alpha value is -3.26. The van der Waals surface area contributed by atoms with Gasteiger partial charge in [-0.05, 0) is 0 Å². The summed E-state index contributed by atoms with van der Waals surface area (Å²) in [6, 6.07) is -2.88. The quantitative estimate of drug-likeness (QED) is 0.119. The van der Waals surface area contributed by atoms with Crippen LogP contribution < -0.4 is 27.2 Å². The second-order valence-electron chi connectivity index (χ2n) is 4.86. The zero-order valence-corrected chi connectivity index (χ0v) is 13.4. The summed E-state index contributed by atoms with van der Waals surface area (Å²) in [5, 5.41) is 31.8. The molecule has 0 aromatic carbocycles. The van der Waals surface area contributed by atoms with Crippen molar-refractivity contribution in [3.63, 3.8) is 0 Å². The predicted molar refractivity (Wildman–Crippen MR) is 81.2 cm³/mol. The fourth-order valence-electron chi connectivity index (χ4n) is 1.61. The molecule has 0 rings (SSSR count). The van der Waals surface area contributed by atoms with Gasteiger partial charge in [-0.25, -0.2) is 5.43 Å². The Bertz CT molecular complexity index is 579. The number of aliphatic carboxylic acids is 3. The van der Waals surface area contributed by atoms with Crippen molar-refractivity contribution < 1.29 is 44.1 Å². The summed E-state index contributed by atoms with van der Waals surface area (Å²) < 4.78 is 0. The number of rotatable bonds is 12. The van der Waals surface area contributed by atoms with Crippen molar-refractivity contribution in [2.24, 2.45) is 5.84 Å². The SMILES string of the molecule is NNC(CC(=O)O)C(=O)NCC(=O)NC(CC(=O)O)C(=O)NCC(=O)O. The van der Waals surface area contributed by atoms with Gasteiger partial charge in [-0.2, -0.15) is 0 Å². The minimum absolute atomic E-state index is 0.650. The molecule has 0 aliphatic heterocycles. The van der Waals surface area contributed by atoms with Crippen molar-refractivity contribution in [3.8, 4) is 0 Å². The van der Waals surface area contributed by atoms with Crippen LogP contribution >= 0.6 is 0 Å². The minimum Gasteiger partial charge on any atom is -0.481 e. The van der Waals surface area contributed by atoms with Crippen molar-refractivity contribution in [2.75, 3.05) is 13.1 Å². The molecule has 9 N–H and O–H groups in total. The van der Waals surface area contributed by atoms with E-state index in [9.17, 15) is 28.8 Å². The van der Waals surface area contributed by atoms with Gasteiger partial charge in [-0.1, -0.05) is 0 Å². The predicted octanol–water partition coefficient (Wildman–Crippen LogP) is -4.43. The molecule has 0 radical (unpaired) electrons. The van der Waals surface area contributed by atoms with Crippen molar-refractivity contribution in [2.45, 2.75) is 24.9 Å². The van der Waals surface area contributed by atoms with E-state index in [0.717, 1.165) is 0 Å². The molecule has 146 valence electrons. The maximum Gasteiger partial charge on any atom is 0.322 e. The van der Waals surface area contributed by atoms with Gasteiger partial charge in [0, 0.05) is 0 Å². The lowest BCUT2D eigenvalue weighted by atomic mass is 10.2. The summed E-state index contributed by atoms with van der Waals surface area (Å²) in [4.78, 5) is 66.8. The van der Waals surface area contributed by atoms with E-state index in [2.05, 4.69) is 5.32 Å². The molecule has 0 aliphatic rings. The topological polar surface area (TPSA) is 237 Å². The van der Waals surface area contributed by atoms with E-state index >= 15 is 0 Å². The Kier molecular flexibility index (Phi) is 9.90. The van der Waals surface area contributed by atoms with E-state index in [-0.39, 0.29) is 0 Å². The lowest BCUT2D eigenvalue weighted by Crippen LogP contribution is -2.53. The number of carboxylic acid groups (broad SMARTS) is 3. The van der Waals surface area contributed by atoms with Crippen LogP contribution in [0.4, 0.5) is 0 Å². The fourth-order valence-corrected chi connectivity index (χ4v) is 1.61. The Morgan fingerprint density at radius 3 is 1.65 bits per heavy atom. The van der Waals surface area contributed by atoms with E-state index in [1.807, 2.05) is 16.1 Å². The molecule has 0 aliphatic carbocycles. The van der Waals surface area contributed by atoms with Gasteiger partial charge in [-0.3, -0.25) is 34.6 Å². The Balaban J connectivity index is 4.66. The molecule has 14 nitrogen and oxygen atoms in total. The lowest BCUT2D eigenvalue weighted by molar-refractivity contribution is -0.141. The van der Waals surface area contributed by atoms with Gasteiger partial charge >= 0.3 is 17.9 Å². The van der Waals surface area contributed by atoms with Gasteiger partial charge in [0.2, 0.25) is 17.7 Å². The van der Waals surface area contributed by atoms with Crippen LogP contribution in [0.2, 0.25) is 0 Å². The highest BCUT2D eigenvalue weighted by Gasteiger charge is 2.25. The average Bonchev–Trinajstić information content (AvgIpc) is 2.53.